The van der Waals surface area contributed by atoms with Crippen molar-refractivity contribution in [3.63, 3.8) is 0 Å². The van der Waals surface area contributed by atoms with Gasteiger partial charge in [0, 0.05) is 31.8 Å². The second-order valence-electron chi connectivity index (χ2n) is 7.01. The number of carbonyl (C=O) groups excluding carboxylic acids is 1. The van der Waals surface area contributed by atoms with E-state index in [1.807, 2.05) is 42.6 Å². The van der Waals surface area contributed by atoms with Gasteiger partial charge in [-0.1, -0.05) is 29.8 Å². The standard InChI is InChI=1S/C22H22ClN3O3/c1-25(14-17-13-24-26(15-17)18-6-3-2-4-7-18)21(27)12-16-10-19(23)22-20(11-16)28-8-5-9-29-22/h2-4,6-7,10-11,13,15H,5,8-9,12,14H2,1H3. The average Bonchev–Trinajstić information content (AvgIpc) is 3.05. The lowest BCUT2D eigenvalue weighted by atomic mass is 10.1. The molecule has 6 nitrogen and oxygen atoms in total. The molecule has 0 atom stereocenters. The van der Waals surface area contributed by atoms with Crippen LogP contribution in [0.2, 0.25) is 5.02 Å². The van der Waals surface area contributed by atoms with Crippen LogP contribution in [0, 0.1) is 0 Å². The third-order valence-corrected chi connectivity index (χ3v) is 5.00. The van der Waals surface area contributed by atoms with Gasteiger partial charge in [0.2, 0.25) is 5.91 Å². The number of amides is 1. The fraction of sp³-hybridized carbons (Fsp3) is 0.273. The summed E-state index contributed by atoms with van der Waals surface area (Å²) in [5.74, 6) is 1.15. The number of fused-ring (bicyclic) bond motifs is 1. The summed E-state index contributed by atoms with van der Waals surface area (Å²) < 4.78 is 13.2. The number of likely N-dealkylation sites (N-methyl/N-ethyl adjacent to an activating group) is 1. The molecule has 29 heavy (non-hydrogen) atoms. The normalized spacial score (nSPS) is 13.0. The number of ether oxygens (including phenoxy) is 2. The molecular weight excluding hydrogens is 390 g/mol. The average molecular weight is 412 g/mol. The fourth-order valence-electron chi connectivity index (χ4n) is 3.22. The first-order valence-corrected chi connectivity index (χ1v) is 9.89. The number of halogens is 1. The van der Waals surface area contributed by atoms with Crippen LogP contribution in [0.4, 0.5) is 0 Å². The van der Waals surface area contributed by atoms with E-state index in [0.29, 0.717) is 36.3 Å². The molecule has 0 saturated heterocycles. The highest BCUT2D eigenvalue weighted by Gasteiger charge is 2.18. The van der Waals surface area contributed by atoms with E-state index < -0.39 is 0 Å². The van der Waals surface area contributed by atoms with Gasteiger partial charge in [-0.15, -0.1) is 0 Å². The van der Waals surface area contributed by atoms with Crippen molar-refractivity contribution in [2.45, 2.75) is 19.4 Å². The van der Waals surface area contributed by atoms with Crippen LogP contribution in [0.15, 0.2) is 54.9 Å². The molecule has 0 saturated carbocycles. The second kappa shape index (κ2) is 8.57. The van der Waals surface area contributed by atoms with Gasteiger partial charge in [0.05, 0.1) is 36.5 Å². The van der Waals surface area contributed by atoms with E-state index in [-0.39, 0.29) is 12.3 Å². The highest BCUT2D eigenvalue weighted by Crippen LogP contribution is 2.38. The van der Waals surface area contributed by atoms with Crippen molar-refractivity contribution in [1.82, 2.24) is 14.7 Å². The minimum Gasteiger partial charge on any atom is -0.489 e. The molecule has 1 aromatic heterocycles. The zero-order valence-corrected chi connectivity index (χ0v) is 16.9. The Kier molecular flexibility index (Phi) is 5.71. The molecule has 1 aliphatic heterocycles. The topological polar surface area (TPSA) is 56.6 Å². The molecule has 4 rings (SSSR count). The molecule has 0 fully saturated rings. The highest BCUT2D eigenvalue weighted by molar-refractivity contribution is 6.32. The largest absolute Gasteiger partial charge is 0.489 e. The third-order valence-electron chi connectivity index (χ3n) is 4.72. The maximum absolute atomic E-state index is 12.7. The Bertz CT molecular complexity index is 1000. The SMILES string of the molecule is CN(Cc1cnn(-c2ccccc2)c1)C(=O)Cc1cc(Cl)c2c(c1)OCCCO2. The van der Waals surface area contributed by atoms with Gasteiger partial charge < -0.3 is 14.4 Å². The number of nitrogens with zero attached hydrogens (tertiary/aromatic N) is 3. The molecule has 0 spiro atoms. The molecule has 0 unspecified atom stereocenters. The van der Waals surface area contributed by atoms with Crippen molar-refractivity contribution in [3.05, 3.63) is 71.0 Å². The van der Waals surface area contributed by atoms with Crippen molar-refractivity contribution in [3.8, 4) is 17.2 Å². The molecular formula is C22H22ClN3O3. The van der Waals surface area contributed by atoms with E-state index in [1.54, 1.807) is 28.9 Å². The van der Waals surface area contributed by atoms with Crippen LogP contribution in [-0.2, 0) is 17.8 Å². The van der Waals surface area contributed by atoms with Gasteiger partial charge >= 0.3 is 0 Å². The summed E-state index contributed by atoms with van der Waals surface area (Å²) in [4.78, 5) is 14.4. The Morgan fingerprint density at radius 1 is 1.17 bits per heavy atom. The molecule has 0 aliphatic carbocycles. The van der Waals surface area contributed by atoms with Crippen LogP contribution >= 0.6 is 11.6 Å². The number of carbonyl (C=O) groups is 1. The van der Waals surface area contributed by atoms with Crippen LogP contribution in [-0.4, -0.2) is 40.8 Å². The molecule has 0 radical (unpaired) electrons. The summed E-state index contributed by atoms with van der Waals surface area (Å²) in [6, 6.07) is 13.5. The number of aromatic nitrogens is 2. The van der Waals surface area contributed by atoms with Gasteiger partial charge in [-0.25, -0.2) is 4.68 Å². The van der Waals surface area contributed by atoms with E-state index in [4.69, 9.17) is 21.1 Å². The van der Waals surface area contributed by atoms with Gasteiger partial charge in [-0.2, -0.15) is 5.10 Å². The van der Waals surface area contributed by atoms with Gasteiger partial charge in [0.25, 0.3) is 0 Å². The van der Waals surface area contributed by atoms with E-state index in [0.717, 1.165) is 23.2 Å². The van der Waals surface area contributed by atoms with Crippen LogP contribution in [0.3, 0.4) is 0 Å². The predicted molar refractivity (Wildman–Crippen MR) is 111 cm³/mol. The predicted octanol–water partition coefficient (Wildman–Crippen LogP) is 3.89. The number of para-hydroxylation sites is 1. The van der Waals surface area contributed by atoms with Crippen LogP contribution in [0.5, 0.6) is 11.5 Å². The van der Waals surface area contributed by atoms with Crippen molar-refractivity contribution in [2.24, 2.45) is 0 Å². The lowest BCUT2D eigenvalue weighted by molar-refractivity contribution is -0.129. The Balaban J connectivity index is 1.42. The molecule has 7 heteroatoms. The maximum Gasteiger partial charge on any atom is 0.227 e. The number of benzene rings is 2. The van der Waals surface area contributed by atoms with E-state index >= 15 is 0 Å². The molecule has 3 aromatic rings. The minimum atomic E-state index is -0.0111. The van der Waals surface area contributed by atoms with E-state index in [1.165, 1.54) is 0 Å². The summed E-state index contributed by atoms with van der Waals surface area (Å²) in [5, 5.41) is 4.85. The minimum absolute atomic E-state index is 0.0111. The summed E-state index contributed by atoms with van der Waals surface area (Å²) in [7, 11) is 1.78. The summed E-state index contributed by atoms with van der Waals surface area (Å²) in [5.41, 5.74) is 2.74. The first-order valence-electron chi connectivity index (χ1n) is 9.51. The number of hydrogen-bond donors (Lipinski definition) is 0. The first-order chi connectivity index (χ1) is 14.1. The van der Waals surface area contributed by atoms with Crippen molar-refractivity contribution in [2.75, 3.05) is 20.3 Å². The van der Waals surface area contributed by atoms with Gasteiger partial charge in [-0.3, -0.25) is 4.79 Å². The Hall–Kier alpha value is -2.99. The zero-order chi connectivity index (χ0) is 20.2. The number of hydrogen-bond acceptors (Lipinski definition) is 4. The Labute approximate surface area is 174 Å². The molecule has 0 N–H and O–H groups in total. The molecule has 1 aliphatic rings. The summed E-state index contributed by atoms with van der Waals surface area (Å²) in [6.07, 6.45) is 4.75. The third kappa shape index (κ3) is 4.54. The molecule has 2 aromatic carbocycles. The van der Waals surface area contributed by atoms with Gasteiger partial charge in [0.15, 0.2) is 11.5 Å². The summed E-state index contributed by atoms with van der Waals surface area (Å²) >= 11 is 6.33. The fourth-order valence-corrected chi connectivity index (χ4v) is 3.51. The van der Waals surface area contributed by atoms with Crippen LogP contribution < -0.4 is 9.47 Å². The second-order valence-corrected chi connectivity index (χ2v) is 7.42. The van der Waals surface area contributed by atoms with E-state index in [9.17, 15) is 4.79 Å². The quantitative estimate of drug-likeness (QED) is 0.639. The van der Waals surface area contributed by atoms with Crippen LogP contribution in [0.1, 0.15) is 17.5 Å². The van der Waals surface area contributed by atoms with Crippen molar-refractivity contribution in [1.29, 1.82) is 0 Å². The number of rotatable bonds is 5. The van der Waals surface area contributed by atoms with Crippen LogP contribution in [0.25, 0.3) is 5.69 Å². The first kappa shape index (κ1) is 19.3. The monoisotopic (exact) mass is 411 g/mol. The highest BCUT2D eigenvalue weighted by atomic mass is 35.5. The molecule has 2 heterocycles. The van der Waals surface area contributed by atoms with Crippen molar-refractivity contribution < 1.29 is 14.3 Å². The maximum atomic E-state index is 12.7. The van der Waals surface area contributed by atoms with E-state index in [2.05, 4.69) is 5.10 Å². The van der Waals surface area contributed by atoms with Gasteiger partial charge in [-0.05, 0) is 29.8 Å². The molecule has 1 amide bonds. The molecule has 150 valence electrons. The molecule has 0 bridgehead atoms. The van der Waals surface area contributed by atoms with Crippen molar-refractivity contribution >= 4 is 17.5 Å². The van der Waals surface area contributed by atoms with Gasteiger partial charge in [0.1, 0.15) is 0 Å². The lowest BCUT2D eigenvalue weighted by Crippen LogP contribution is -2.27. The smallest absolute Gasteiger partial charge is 0.227 e. The Morgan fingerprint density at radius 2 is 1.97 bits per heavy atom. The summed E-state index contributed by atoms with van der Waals surface area (Å²) in [6.45, 7) is 1.63. The zero-order valence-electron chi connectivity index (χ0n) is 16.2. The lowest BCUT2D eigenvalue weighted by Gasteiger charge is -2.17. The Morgan fingerprint density at radius 3 is 2.79 bits per heavy atom.